The quantitative estimate of drug-likeness (QED) is 0.502. The monoisotopic (exact) mass is 388 g/mol. The second kappa shape index (κ2) is 8.59. The number of carbonyl (C=O) groups excluding carboxylic acids is 2. The van der Waals surface area contributed by atoms with Crippen LogP contribution in [0.3, 0.4) is 0 Å². The number of hydrogen-bond acceptors (Lipinski definition) is 5. The maximum absolute atomic E-state index is 12.5. The Hall–Kier alpha value is -3.00. The molecule has 0 aliphatic rings. The van der Waals surface area contributed by atoms with Gasteiger partial charge in [0, 0.05) is 11.9 Å². The van der Waals surface area contributed by atoms with E-state index in [4.69, 9.17) is 4.74 Å². The number of amides is 1. The summed E-state index contributed by atoms with van der Waals surface area (Å²) in [6, 6.07) is 15.8. The number of nitrogens with zero attached hydrogens (tertiary/aromatic N) is 1. The summed E-state index contributed by atoms with van der Waals surface area (Å²) in [5, 5.41) is 4.47. The molecule has 0 radical (unpaired) electrons. The van der Waals surface area contributed by atoms with Crippen molar-refractivity contribution in [2.24, 2.45) is 0 Å². The molecule has 1 aromatic heterocycles. The van der Waals surface area contributed by atoms with Gasteiger partial charge in [-0.15, -0.1) is 0 Å². The van der Waals surface area contributed by atoms with Gasteiger partial charge < -0.3 is 10.1 Å². The number of fused-ring (bicyclic) bond motifs is 1. The molecule has 0 aliphatic carbocycles. The molecule has 5 nitrogen and oxygen atoms in total. The van der Waals surface area contributed by atoms with Crippen LogP contribution < -0.4 is 5.32 Å². The summed E-state index contributed by atoms with van der Waals surface area (Å²) in [7, 11) is 0. The molecule has 27 heavy (non-hydrogen) atoms. The first-order valence-corrected chi connectivity index (χ1v) is 8.76. The van der Waals surface area contributed by atoms with Crippen LogP contribution >= 0.6 is 11.8 Å². The highest BCUT2D eigenvalue weighted by atomic mass is 32.2. The number of ether oxygens (including phenoxy) is 1. The van der Waals surface area contributed by atoms with Gasteiger partial charge in [-0.25, -0.2) is 9.78 Å². The first-order chi connectivity index (χ1) is 13.0. The van der Waals surface area contributed by atoms with Crippen LogP contribution in [0, 0.1) is 0 Å². The zero-order valence-electron chi connectivity index (χ0n) is 13.9. The predicted molar refractivity (Wildman–Crippen MR) is 99.0 cm³/mol. The number of hydrogen-bond donors (Lipinski definition) is 1. The molecule has 0 atom stereocenters. The molecule has 0 spiro atoms. The summed E-state index contributed by atoms with van der Waals surface area (Å²) in [5.41, 5.74) is 0.450. The van der Waals surface area contributed by atoms with Crippen molar-refractivity contribution in [3.8, 4) is 0 Å². The van der Waals surface area contributed by atoms with E-state index >= 15 is 0 Å². The average molecular weight is 388 g/mol. The lowest BCUT2D eigenvalue weighted by Gasteiger charge is -2.09. The number of thioether (sulfide) groups is 1. The predicted octanol–water partition coefficient (Wildman–Crippen LogP) is 4.35. The van der Waals surface area contributed by atoms with Crippen molar-refractivity contribution in [2.75, 3.05) is 11.9 Å². The van der Waals surface area contributed by atoms with Crippen molar-refractivity contribution in [1.82, 2.24) is 4.98 Å². The standard InChI is InChI=1S/C19H14F2N2O3S/c20-19(21)27-17-15(6-3-9-22-17)18(25)26-11-16(24)23-14-8-7-12-4-1-2-5-13(12)10-14/h1-10,19H,11H2,(H,23,24). The van der Waals surface area contributed by atoms with Crippen LogP contribution in [0.5, 0.6) is 0 Å². The van der Waals surface area contributed by atoms with Crippen molar-refractivity contribution >= 4 is 40.1 Å². The molecular formula is C19H14F2N2O3S. The van der Waals surface area contributed by atoms with Crippen LogP contribution in [-0.2, 0) is 9.53 Å². The molecule has 0 saturated heterocycles. The molecule has 0 saturated carbocycles. The Morgan fingerprint density at radius 3 is 2.63 bits per heavy atom. The number of pyridine rings is 1. The van der Waals surface area contributed by atoms with Gasteiger partial charge in [-0.05, 0) is 46.8 Å². The summed E-state index contributed by atoms with van der Waals surface area (Å²) >= 11 is 0.146. The van der Waals surface area contributed by atoms with E-state index in [0.29, 0.717) is 5.69 Å². The van der Waals surface area contributed by atoms with Gasteiger partial charge in [0.25, 0.3) is 11.7 Å². The Bertz CT molecular complexity index is 982. The number of rotatable bonds is 6. The summed E-state index contributed by atoms with van der Waals surface area (Å²) in [5.74, 6) is -4.15. The van der Waals surface area contributed by atoms with Crippen LogP contribution in [0.25, 0.3) is 10.8 Å². The van der Waals surface area contributed by atoms with Gasteiger partial charge in [0.15, 0.2) is 6.61 Å². The highest BCUT2D eigenvalue weighted by Crippen LogP contribution is 2.26. The van der Waals surface area contributed by atoms with Gasteiger partial charge in [0.2, 0.25) is 0 Å². The zero-order valence-corrected chi connectivity index (χ0v) is 14.7. The molecular weight excluding hydrogens is 374 g/mol. The van der Waals surface area contributed by atoms with E-state index in [-0.39, 0.29) is 22.4 Å². The number of benzene rings is 2. The van der Waals surface area contributed by atoms with Crippen molar-refractivity contribution in [3.63, 3.8) is 0 Å². The van der Waals surface area contributed by atoms with Crippen LogP contribution in [0.4, 0.5) is 14.5 Å². The third-order valence-electron chi connectivity index (χ3n) is 3.56. The van der Waals surface area contributed by atoms with Gasteiger partial charge in [-0.2, -0.15) is 8.78 Å². The minimum absolute atomic E-state index is 0.110. The van der Waals surface area contributed by atoms with Crippen molar-refractivity contribution in [2.45, 2.75) is 10.8 Å². The lowest BCUT2D eigenvalue weighted by Crippen LogP contribution is -2.21. The number of halogens is 2. The molecule has 1 amide bonds. The van der Waals surface area contributed by atoms with E-state index in [2.05, 4.69) is 10.3 Å². The molecule has 1 N–H and O–H groups in total. The fourth-order valence-electron chi connectivity index (χ4n) is 2.40. The molecule has 0 unspecified atom stereocenters. The Labute approximate surface area is 157 Å². The van der Waals surface area contributed by atoms with Crippen LogP contribution in [0.1, 0.15) is 10.4 Å². The van der Waals surface area contributed by atoms with E-state index in [1.807, 2.05) is 30.3 Å². The maximum Gasteiger partial charge on any atom is 0.341 e. The highest BCUT2D eigenvalue weighted by Gasteiger charge is 2.18. The third kappa shape index (κ3) is 5.01. The molecule has 3 rings (SSSR count). The second-order valence-corrected chi connectivity index (χ2v) is 6.40. The molecule has 138 valence electrons. The largest absolute Gasteiger partial charge is 0.452 e. The van der Waals surface area contributed by atoms with Crippen molar-refractivity contribution in [3.05, 3.63) is 66.4 Å². The summed E-state index contributed by atoms with van der Waals surface area (Å²) in [6.07, 6.45) is 1.30. The Balaban J connectivity index is 1.61. The first kappa shape index (κ1) is 18.8. The van der Waals surface area contributed by atoms with E-state index in [1.54, 1.807) is 12.1 Å². The van der Waals surface area contributed by atoms with Gasteiger partial charge in [-0.1, -0.05) is 30.3 Å². The smallest absolute Gasteiger partial charge is 0.341 e. The van der Waals surface area contributed by atoms with E-state index in [1.165, 1.54) is 18.3 Å². The average Bonchev–Trinajstić information content (AvgIpc) is 2.66. The topological polar surface area (TPSA) is 68.3 Å². The fraction of sp³-hybridized carbons (Fsp3) is 0.105. The van der Waals surface area contributed by atoms with Crippen LogP contribution in [0.15, 0.2) is 65.8 Å². The first-order valence-electron chi connectivity index (χ1n) is 7.88. The third-order valence-corrected chi connectivity index (χ3v) is 4.29. The van der Waals surface area contributed by atoms with Crippen molar-refractivity contribution < 1.29 is 23.1 Å². The van der Waals surface area contributed by atoms with Gasteiger partial charge in [-0.3, -0.25) is 4.79 Å². The van der Waals surface area contributed by atoms with Gasteiger partial charge in [0.05, 0.1) is 5.56 Å². The van der Waals surface area contributed by atoms with Crippen molar-refractivity contribution in [1.29, 1.82) is 0 Å². The van der Waals surface area contributed by atoms with Crippen LogP contribution in [-0.4, -0.2) is 29.2 Å². The number of alkyl halides is 2. The SMILES string of the molecule is O=C(COC(=O)c1cccnc1SC(F)F)Nc1ccc2ccccc2c1. The molecule has 0 bridgehead atoms. The molecule has 1 heterocycles. The van der Waals surface area contributed by atoms with Crippen LogP contribution in [0.2, 0.25) is 0 Å². The Kier molecular flexibility index (Phi) is 5.97. The normalized spacial score (nSPS) is 10.8. The summed E-state index contributed by atoms with van der Waals surface area (Å²) in [4.78, 5) is 27.8. The number of aromatic nitrogens is 1. The van der Waals surface area contributed by atoms with E-state index in [0.717, 1.165) is 10.8 Å². The molecule has 2 aromatic carbocycles. The lowest BCUT2D eigenvalue weighted by atomic mass is 10.1. The minimum atomic E-state index is -2.72. The van der Waals surface area contributed by atoms with E-state index < -0.39 is 24.2 Å². The highest BCUT2D eigenvalue weighted by molar-refractivity contribution is 7.99. The number of nitrogens with one attached hydrogen (secondary N) is 1. The Morgan fingerprint density at radius 1 is 1.07 bits per heavy atom. The molecule has 0 fully saturated rings. The summed E-state index contributed by atoms with van der Waals surface area (Å²) < 4.78 is 30.0. The lowest BCUT2D eigenvalue weighted by molar-refractivity contribution is -0.119. The fourth-order valence-corrected chi connectivity index (χ4v) is 2.97. The van der Waals surface area contributed by atoms with Gasteiger partial charge >= 0.3 is 5.97 Å². The van der Waals surface area contributed by atoms with Gasteiger partial charge in [0.1, 0.15) is 5.03 Å². The number of anilines is 1. The Morgan fingerprint density at radius 2 is 1.85 bits per heavy atom. The zero-order chi connectivity index (χ0) is 19.2. The second-order valence-electron chi connectivity index (χ2n) is 5.42. The minimum Gasteiger partial charge on any atom is -0.452 e. The number of carbonyl (C=O) groups is 2. The molecule has 3 aromatic rings. The summed E-state index contributed by atoms with van der Waals surface area (Å²) in [6.45, 7) is -0.542. The molecule has 0 aliphatic heterocycles. The van der Waals surface area contributed by atoms with E-state index in [9.17, 15) is 18.4 Å². The molecule has 8 heteroatoms. The number of esters is 1. The maximum atomic E-state index is 12.5.